The number of carboxylic acids is 2. The zero-order valence-electron chi connectivity index (χ0n) is 14.2. The van der Waals surface area contributed by atoms with E-state index in [2.05, 4.69) is 10.6 Å². The highest BCUT2D eigenvalue weighted by atomic mass is 35.5. The molecular formula is C12H30Cl2N8O4. The number of aliphatic carboxylic acids is 2. The van der Waals surface area contributed by atoms with Crippen molar-refractivity contribution in [3.05, 3.63) is 0 Å². The molecule has 0 saturated carbocycles. The molecule has 0 aromatic heterocycles. The Labute approximate surface area is 164 Å². The van der Waals surface area contributed by atoms with Gasteiger partial charge in [-0.2, -0.15) is 0 Å². The van der Waals surface area contributed by atoms with Crippen LogP contribution < -0.4 is 33.6 Å². The molecule has 12 nitrogen and oxygen atoms in total. The molecule has 0 saturated heterocycles. The molecule has 0 spiro atoms. The number of carboxylic acid groups (broad SMARTS) is 2. The summed E-state index contributed by atoms with van der Waals surface area (Å²) in [4.78, 5) is 20.4. The fourth-order valence-corrected chi connectivity index (χ4v) is 1.34. The second kappa shape index (κ2) is 19.3. The van der Waals surface area contributed by atoms with E-state index < -0.39 is 24.0 Å². The van der Waals surface area contributed by atoms with Gasteiger partial charge in [0.15, 0.2) is 11.9 Å². The van der Waals surface area contributed by atoms with Crippen LogP contribution in [0.25, 0.3) is 0 Å². The fourth-order valence-electron chi connectivity index (χ4n) is 1.34. The SMILES string of the molecule is Cl.Cl.N=C(N)NCCC[C@@H](N)C(=O)O.N=C(N)NCCC[C@H](N)C(=O)O. The molecular weight excluding hydrogens is 391 g/mol. The van der Waals surface area contributed by atoms with E-state index in [9.17, 15) is 9.59 Å². The van der Waals surface area contributed by atoms with Gasteiger partial charge in [0.1, 0.15) is 12.1 Å². The van der Waals surface area contributed by atoms with Gasteiger partial charge in [0.25, 0.3) is 0 Å². The van der Waals surface area contributed by atoms with Crippen molar-refractivity contribution in [1.29, 1.82) is 10.8 Å². The van der Waals surface area contributed by atoms with Crippen LogP contribution in [0.3, 0.4) is 0 Å². The summed E-state index contributed by atoms with van der Waals surface area (Å²) in [6.07, 6.45) is 1.95. The van der Waals surface area contributed by atoms with Crippen LogP contribution in [0.4, 0.5) is 0 Å². The quantitative estimate of drug-likeness (QED) is 0.107. The number of hydrogen-bond acceptors (Lipinski definition) is 6. The van der Waals surface area contributed by atoms with Crippen LogP contribution in [0.1, 0.15) is 25.7 Å². The van der Waals surface area contributed by atoms with E-state index in [1.807, 2.05) is 0 Å². The average molecular weight is 421 g/mol. The van der Waals surface area contributed by atoms with Gasteiger partial charge < -0.3 is 43.8 Å². The van der Waals surface area contributed by atoms with E-state index in [1.165, 1.54) is 0 Å². The lowest BCUT2D eigenvalue weighted by atomic mass is 10.2. The van der Waals surface area contributed by atoms with Crippen molar-refractivity contribution in [2.75, 3.05) is 13.1 Å². The monoisotopic (exact) mass is 420 g/mol. The molecule has 0 aliphatic heterocycles. The Balaban J connectivity index is -0.000000173. The van der Waals surface area contributed by atoms with E-state index in [0.717, 1.165) is 0 Å². The third-order valence-corrected chi connectivity index (χ3v) is 2.65. The van der Waals surface area contributed by atoms with Gasteiger partial charge in [-0.15, -0.1) is 24.8 Å². The fraction of sp³-hybridized carbons (Fsp3) is 0.667. The summed E-state index contributed by atoms with van der Waals surface area (Å²) in [5, 5.41) is 35.4. The lowest BCUT2D eigenvalue weighted by Crippen LogP contribution is -2.34. The molecule has 0 aromatic carbocycles. The molecule has 0 heterocycles. The van der Waals surface area contributed by atoms with E-state index in [-0.39, 0.29) is 36.7 Å². The number of guanidine groups is 2. The maximum absolute atomic E-state index is 10.2. The Morgan fingerprint density at radius 3 is 1.27 bits per heavy atom. The van der Waals surface area contributed by atoms with Gasteiger partial charge in [-0.05, 0) is 25.7 Å². The maximum Gasteiger partial charge on any atom is 0.320 e. The van der Waals surface area contributed by atoms with Crippen LogP contribution in [0.15, 0.2) is 0 Å². The second-order valence-electron chi connectivity index (χ2n) is 4.85. The molecule has 0 amide bonds. The number of halogens is 2. The van der Waals surface area contributed by atoms with Gasteiger partial charge in [-0.3, -0.25) is 20.4 Å². The van der Waals surface area contributed by atoms with Crippen molar-refractivity contribution in [3.63, 3.8) is 0 Å². The second-order valence-corrected chi connectivity index (χ2v) is 4.85. The average Bonchev–Trinajstić information content (AvgIpc) is 2.47. The summed E-state index contributed by atoms with van der Waals surface area (Å²) in [5.74, 6) is -2.23. The lowest BCUT2D eigenvalue weighted by Gasteiger charge is -2.06. The third-order valence-electron chi connectivity index (χ3n) is 2.65. The van der Waals surface area contributed by atoms with Gasteiger partial charge in [-0.25, -0.2) is 0 Å². The van der Waals surface area contributed by atoms with Crippen molar-refractivity contribution in [2.45, 2.75) is 37.8 Å². The Morgan fingerprint density at radius 1 is 0.808 bits per heavy atom. The van der Waals surface area contributed by atoms with Gasteiger partial charge in [-0.1, -0.05) is 0 Å². The van der Waals surface area contributed by atoms with Crippen molar-refractivity contribution < 1.29 is 19.8 Å². The molecule has 0 radical (unpaired) electrons. The Hall–Kier alpha value is -2.02. The predicted molar refractivity (Wildman–Crippen MR) is 104 cm³/mol. The Morgan fingerprint density at radius 2 is 1.08 bits per heavy atom. The summed E-state index contributed by atoms with van der Waals surface area (Å²) in [6, 6.07) is -1.64. The van der Waals surface area contributed by atoms with E-state index in [0.29, 0.717) is 38.8 Å². The van der Waals surface area contributed by atoms with Crippen LogP contribution in [0.2, 0.25) is 0 Å². The van der Waals surface area contributed by atoms with Gasteiger partial charge >= 0.3 is 11.9 Å². The molecule has 0 rings (SSSR count). The van der Waals surface area contributed by atoms with Crippen molar-refractivity contribution in [1.82, 2.24) is 10.6 Å². The van der Waals surface area contributed by atoms with Crippen LogP contribution in [-0.4, -0.2) is 59.2 Å². The number of rotatable bonds is 10. The van der Waals surface area contributed by atoms with Gasteiger partial charge in [0.05, 0.1) is 0 Å². The highest BCUT2D eigenvalue weighted by Gasteiger charge is 2.10. The number of carbonyl (C=O) groups is 2. The molecule has 0 bridgehead atoms. The van der Waals surface area contributed by atoms with Crippen LogP contribution in [0, 0.1) is 10.8 Å². The first-order valence-electron chi connectivity index (χ1n) is 7.20. The van der Waals surface area contributed by atoms with Crippen LogP contribution >= 0.6 is 24.8 Å². The molecule has 26 heavy (non-hydrogen) atoms. The number of hydrogen-bond donors (Lipinski definition) is 10. The first-order valence-corrected chi connectivity index (χ1v) is 7.20. The van der Waals surface area contributed by atoms with E-state index in [1.54, 1.807) is 0 Å². The molecule has 14 heteroatoms. The molecule has 14 N–H and O–H groups in total. The number of nitrogens with two attached hydrogens (primary N) is 4. The Bertz CT molecular complexity index is 390. The first kappa shape index (κ1) is 31.7. The molecule has 0 aromatic rings. The maximum atomic E-state index is 10.2. The van der Waals surface area contributed by atoms with Gasteiger partial charge in [0.2, 0.25) is 0 Å². The van der Waals surface area contributed by atoms with Crippen molar-refractivity contribution in [3.8, 4) is 0 Å². The first-order chi connectivity index (χ1) is 11.1. The molecule has 2 atom stereocenters. The zero-order chi connectivity index (χ0) is 19.1. The zero-order valence-corrected chi connectivity index (χ0v) is 15.9. The lowest BCUT2D eigenvalue weighted by molar-refractivity contribution is -0.139. The third kappa shape index (κ3) is 24.2. The Kier molecular flexibility index (Phi) is 23.6. The van der Waals surface area contributed by atoms with Crippen molar-refractivity contribution >= 4 is 48.7 Å². The summed E-state index contributed by atoms with van der Waals surface area (Å²) in [5.41, 5.74) is 20.4. The molecule has 0 unspecified atom stereocenters. The summed E-state index contributed by atoms with van der Waals surface area (Å²) in [6.45, 7) is 0.965. The summed E-state index contributed by atoms with van der Waals surface area (Å²) in [7, 11) is 0. The predicted octanol–water partition coefficient (Wildman–Crippen LogP) is -1.83. The molecule has 0 fully saturated rings. The highest BCUT2D eigenvalue weighted by Crippen LogP contribution is 1.93. The van der Waals surface area contributed by atoms with Crippen molar-refractivity contribution in [2.24, 2.45) is 22.9 Å². The topological polar surface area (TPSA) is 250 Å². The largest absolute Gasteiger partial charge is 0.480 e. The van der Waals surface area contributed by atoms with E-state index in [4.69, 9.17) is 44.0 Å². The molecule has 0 aliphatic carbocycles. The van der Waals surface area contributed by atoms with Gasteiger partial charge in [0, 0.05) is 13.1 Å². The minimum Gasteiger partial charge on any atom is -0.480 e. The molecule has 0 aliphatic rings. The minimum atomic E-state index is -1.00. The number of nitrogens with one attached hydrogen (secondary N) is 4. The van der Waals surface area contributed by atoms with Crippen LogP contribution in [0.5, 0.6) is 0 Å². The summed E-state index contributed by atoms with van der Waals surface area (Å²) < 4.78 is 0. The molecule has 156 valence electrons. The normalized spacial score (nSPS) is 11.2. The highest BCUT2D eigenvalue weighted by molar-refractivity contribution is 5.85. The standard InChI is InChI=1S/2C6H14N4O2.2ClH/c2*7-4(5(11)12)2-1-3-10-6(8)9;;/h2*4H,1-3,7H2,(H,11,12)(H4,8,9,10);2*1H/t2*4-;;/m10../s1. The summed E-state index contributed by atoms with van der Waals surface area (Å²) >= 11 is 0. The van der Waals surface area contributed by atoms with Crippen LogP contribution in [-0.2, 0) is 9.59 Å². The van der Waals surface area contributed by atoms with E-state index >= 15 is 0 Å². The smallest absolute Gasteiger partial charge is 0.320 e. The minimum absolute atomic E-state index is 0.